The van der Waals surface area contributed by atoms with Gasteiger partial charge in [0.15, 0.2) is 0 Å². The minimum absolute atomic E-state index is 0.134. The van der Waals surface area contributed by atoms with Gasteiger partial charge in [-0.1, -0.05) is 28.1 Å². The van der Waals surface area contributed by atoms with E-state index in [9.17, 15) is 4.79 Å². The third-order valence-corrected chi connectivity index (χ3v) is 3.22. The molecule has 18 heavy (non-hydrogen) atoms. The standard InChI is InChI=1S/C14H21BrN2O/c1-11(17-14(18)4-3-9-16-2)10-12-5-7-13(15)8-6-12/h5-8,11,16H,3-4,9-10H2,1-2H3,(H,17,18). The molecular formula is C14H21BrN2O. The van der Waals surface area contributed by atoms with Crippen LogP contribution < -0.4 is 10.6 Å². The smallest absolute Gasteiger partial charge is 0.220 e. The topological polar surface area (TPSA) is 41.1 Å². The molecule has 1 unspecified atom stereocenters. The molecule has 0 bridgehead atoms. The second-order valence-corrected chi connectivity index (χ2v) is 5.42. The first kappa shape index (κ1) is 15.2. The van der Waals surface area contributed by atoms with Gasteiger partial charge < -0.3 is 10.6 Å². The van der Waals surface area contributed by atoms with Gasteiger partial charge in [-0.15, -0.1) is 0 Å². The summed E-state index contributed by atoms with van der Waals surface area (Å²) in [7, 11) is 1.90. The molecule has 4 heteroatoms. The SMILES string of the molecule is CNCCCC(=O)NC(C)Cc1ccc(Br)cc1. The molecule has 3 nitrogen and oxygen atoms in total. The maximum Gasteiger partial charge on any atom is 0.220 e. The number of hydrogen-bond donors (Lipinski definition) is 2. The van der Waals surface area contributed by atoms with Crippen molar-refractivity contribution in [2.75, 3.05) is 13.6 Å². The summed E-state index contributed by atoms with van der Waals surface area (Å²) in [6, 6.07) is 8.38. The average Bonchev–Trinajstić information content (AvgIpc) is 2.32. The number of carbonyl (C=O) groups excluding carboxylic acids is 1. The lowest BCUT2D eigenvalue weighted by atomic mass is 10.1. The van der Waals surface area contributed by atoms with Gasteiger partial charge in [-0.25, -0.2) is 0 Å². The predicted octanol–water partition coefficient (Wildman–Crippen LogP) is 2.50. The maximum absolute atomic E-state index is 11.6. The molecule has 1 rings (SSSR count). The van der Waals surface area contributed by atoms with Crippen molar-refractivity contribution in [3.63, 3.8) is 0 Å². The Bertz CT molecular complexity index is 365. The zero-order chi connectivity index (χ0) is 13.4. The summed E-state index contributed by atoms with van der Waals surface area (Å²) in [5, 5.41) is 6.06. The minimum atomic E-state index is 0.134. The minimum Gasteiger partial charge on any atom is -0.353 e. The molecule has 0 heterocycles. The molecule has 0 saturated heterocycles. The van der Waals surface area contributed by atoms with E-state index < -0.39 is 0 Å². The highest BCUT2D eigenvalue weighted by Crippen LogP contribution is 2.11. The number of halogens is 1. The Balaban J connectivity index is 2.30. The molecule has 1 atom stereocenters. The third-order valence-electron chi connectivity index (χ3n) is 2.69. The first-order chi connectivity index (χ1) is 8.61. The van der Waals surface area contributed by atoms with Gasteiger partial charge in [0, 0.05) is 16.9 Å². The Morgan fingerprint density at radius 2 is 2.00 bits per heavy atom. The maximum atomic E-state index is 11.6. The Morgan fingerprint density at radius 1 is 1.33 bits per heavy atom. The highest BCUT2D eigenvalue weighted by atomic mass is 79.9. The second-order valence-electron chi connectivity index (χ2n) is 4.51. The molecule has 1 amide bonds. The van der Waals surface area contributed by atoms with Gasteiger partial charge in [-0.2, -0.15) is 0 Å². The highest BCUT2D eigenvalue weighted by molar-refractivity contribution is 9.10. The van der Waals surface area contributed by atoms with E-state index in [0.717, 1.165) is 23.9 Å². The Morgan fingerprint density at radius 3 is 2.61 bits per heavy atom. The first-order valence-electron chi connectivity index (χ1n) is 6.30. The van der Waals surface area contributed by atoms with E-state index in [1.165, 1.54) is 5.56 Å². The molecule has 0 radical (unpaired) electrons. The molecule has 1 aromatic rings. The lowest BCUT2D eigenvalue weighted by molar-refractivity contribution is -0.121. The Kier molecular flexibility index (Phi) is 6.98. The van der Waals surface area contributed by atoms with Crippen molar-refractivity contribution in [1.82, 2.24) is 10.6 Å². The van der Waals surface area contributed by atoms with E-state index in [4.69, 9.17) is 0 Å². The van der Waals surface area contributed by atoms with Gasteiger partial charge in [-0.05, 0) is 51.1 Å². The van der Waals surface area contributed by atoms with Gasteiger partial charge >= 0.3 is 0 Å². The molecule has 0 saturated carbocycles. The summed E-state index contributed by atoms with van der Waals surface area (Å²) < 4.78 is 1.08. The quantitative estimate of drug-likeness (QED) is 0.760. The van der Waals surface area contributed by atoms with E-state index in [1.54, 1.807) is 0 Å². The lowest BCUT2D eigenvalue weighted by Crippen LogP contribution is -2.34. The second kappa shape index (κ2) is 8.27. The fourth-order valence-electron chi connectivity index (χ4n) is 1.80. The summed E-state index contributed by atoms with van der Waals surface area (Å²) in [6.07, 6.45) is 2.34. The van der Waals surface area contributed by atoms with Crippen molar-refractivity contribution < 1.29 is 4.79 Å². The van der Waals surface area contributed by atoms with Crippen molar-refractivity contribution in [2.45, 2.75) is 32.2 Å². The molecule has 1 aromatic carbocycles. The van der Waals surface area contributed by atoms with Gasteiger partial charge in [0.2, 0.25) is 5.91 Å². The van der Waals surface area contributed by atoms with Crippen LogP contribution in [-0.4, -0.2) is 25.5 Å². The van der Waals surface area contributed by atoms with E-state index >= 15 is 0 Å². The zero-order valence-electron chi connectivity index (χ0n) is 11.0. The van der Waals surface area contributed by atoms with Crippen molar-refractivity contribution in [2.24, 2.45) is 0 Å². The van der Waals surface area contributed by atoms with E-state index in [2.05, 4.69) is 38.7 Å². The highest BCUT2D eigenvalue weighted by Gasteiger charge is 2.07. The number of hydrogen-bond acceptors (Lipinski definition) is 2. The van der Waals surface area contributed by atoms with Crippen LogP contribution in [0.5, 0.6) is 0 Å². The fraction of sp³-hybridized carbons (Fsp3) is 0.500. The predicted molar refractivity (Wildman–Crippen MR) is 78.6 cm³/mol. The van der Waals surface area contributed by atoms with Gasteiger partial charge in [0.25, 0.3) is 0 Å². The van der Waals surface area contributed by atoms with Crippen LogP contribution in [0.1, 0.15) is 25.3 Å². The van der Waals surface area contributed by atoms with E-state index in [-0.39, 0.29) is 11.9 Å². The number of rotatable bonds is 7. The van der Waals surface area contributed by atoms with Crippen LogP contribution in [-0.2, 0) is 11.2 Å². The first-order valence-corrected chi connectivity index (χ1v) is 7.09. The molecule has 0 aliphatic rings. The monoisotopic (exact) mass is 312 g/mol. The molecule has 0 aromatic heterocycles. The largest absolute Gasteiger partial charge is 0.353 e. The van der Waals surface area contributed by atoms with E-state index in [0.29, 0.717) is 6.42 Å². The summed E-state index contributed by atoms with van der Waals surface area (Å²) in [6.45, 7) is 2.92. The van der Waals surface area contributed by atoms with Crippen LogP contribution in [0.4, 0.5) is 0 Å². The molecule has 0 spiro atoms. The molecule has 100 valence electrons. The van der Waals surface area contributed by atoms with Crippen molar-refractivity contribution >= 4 is 21.8 Å². The van der Waals surface area contributed by atoms with Crippen LogP contribution in [0, 0.1) is 0 Å². The lowest BCUT2D eigenvalue weighted by Gasteiger charge is -2.14. The number of carbonyl (C=O) groups is 1. The molecule has 0 fully saturated rings. The van der Waals surface area contributed by atoms with Gasteiger partial charge in [-0.3, -0.25) is 4.79 Å². The molecular weight excluding hydrogens is 292 g/mol. The van der Waals surface area contributed by atoms with E-state index in [1.807, 2.05) is 26.1 Å². The fourth-order valence-corrected chi connectivity index (χ4v) is 2.06. The number of benzene rings is 1. The number of amides is 1. The number of nitrogens with one attached hydrogen (secondary N) is 2. The molecule has 2 N–H and O–H groups in total. The zero-order valence-corrected chi connectivity index (χ0v) is 12.6. The van der Waals surface area contributed by atoms with Crippen LogP contribution in [0.25, 0.3) is 0 Å². The van der Waals surface area contributed by atoms with Gasteiger partial charge in [0.1, 0.15) is 0 Å². The third kappa shape index (κ3) is 6.17. The van der Waals surface area contributed by atoms with Crippen molar-refractivity contribution in [3.05, 3.63) is 34.3 Å². The van der Waals surface area contributed by atoms with Crippen LogP contribution in [0.15, 0.2) is 28.7 Å². The summed E-state index contributed by atoms with van der Waals surface area (Å²) in [5.41, 5.74) is 1.24. The summed E-state index contributed by atoms with van der Waals surface area (Å²) in [5.74, 6) is 0.134. The Labute approximate surface area is 117 Å². The summed E-state index contributed by atoms with van der Waals surface area (Å²) in [4.78, 5) is 11.6. The Hall–Kier alpha value is -0.870. The summed E-state index contributed by atoms with van der Waals surface area (Å²) >= 11 is 3.41. The normalized spacial score (nSPS) is 12.2. The van der Waals surface area contributed by atoms with Crippen LogP contribution >= 0.6 is 15.9 Å². The van der Waals surface area contributed by atoms with Crippen molar-refractivity contribution in [3.8, 4) is 0 Å². The van der Waals surface area contributed by atoms with Crippen LogP contribution in [0.3, 0.4) is 0 Å². The molecule has 0 aliphatic heterocycles. The van der Waals surface area contributed by atoms with Gasteiger partial charge in [0.05, 0.1) is 0 Å². The van der Waals surface area contributed by atoms with Crippen LogP contribution in [0.2, 0.25) is 0 Å². The average molecular weight is 313 g/mol. The molecule has 0 aliphatic carbocycles. The van der Waals surface area contributed by atoms with Crippen molar-refractivity contribution in [1.29, 1.82) is 0 Å².